The van der Waals surface area contributed by atoms with Crippen molar-refractivity contribution in [2.24, 2.45) is 5.92 Å². The van der Waals surface area contributed by atoms with Crippen molar-refractivity contribution in [1.82, 2.24) is 4.90 Å². The Kier molecular flexibility index (Phi) is 4.82. The third-order valence-electron chi connectivity index (χ3n) is 2.58. The standard InChI is InChI=1S/C12H21NO2/c1-4-7-13-8-5-6-11(9-13)12(14)15-10(2)3/h4,10-11H,1,5-9H2,2-3H3. The molecule has 1 aliphatic rings. The van der Waals surface area contributed by atoms with Crippen molar-refractivity contribution in [3.63, 3.8) is 0 Å². The second kappa shape index (κ2) is 5.91. The van der Waals surface area contributed by atoms with E-state index in [1.165, 1.54) is 0 Å². The number of ether oxygens (including phenoxy) is 1. The van der Waals surface area contributed by atoms with E-state index in [1.807, 2.05) is 19.9 Å². The number of carbonyl (C=O) groups excluding carboxylic acids is 1. The van der Waals surface area contributed by atoms with Gasteiger partial charge in [0.15, 0.2) is 0 Å². The number of piperidine rings is 1. The average molecular weight is 211 g/mol. The van der Waals surface area contributed by atoms with Crippen LogP contribution < -0.4 is 0 Å². The first kappa shape index (κ1) is 12.2. The van der Waals surface area contributed by atoms with Crippen LogP contribution in [-0.2, 0) is 9.53 Å². The Labute approximate surface area is 92.1 Å². The average Bonchev–Trinajstić information content (AvgIpc) is 2.17. The van der Waals surface area contributed by atoms with E-state index in [0.29, 0.717) is 0 Å². The molecule has 0 radical (unpaired) electrons. The third kappa shape index (κ3) is 4.04. The van der Waals surface area contributed by atoms with Crippen LogP contribution in [0.1, 0.15) is 26.7 Å². The second-order valence-electron chi connectivity index (χ2n) is 4.37. The van der Waals surface area contributed by atoms with Gasteiger partial charge in [0, 0.05) is 13.1 Å². The molecule has 0 spiro atoms. The van der Waals surface area contributed by atoms with E-state index >= 15 is 0 Å². The number of rotatable bonds is 4. The molecule has 1 aliphatic heterocycles. The minimum Gasteiger partial charge on any atom is -0.463 e. The first-order chi connectivity index (χ1) is 7.13. The van der Waals surface area contributed by atoms with E-state index in [9.17, 15) is 4.79 Å². The number of hydrogen-bond acceptors (Lipinski definition) is 3. The predicted molar refractivity (Wildman–Crippen MR) is 60.6 cm³/mol. The molecule has 1 atom stereocenters. The van der Waals surface area contributed by atoms with Crippen LogP contribution in [0.3, 0.4) is 0 Å². The zero-order valence-electron chi connectivity index (χ0n) is 9.74. The fourth-order valence-corrected chi connectivity index (χ4v) is 1.92. The Bertz CT molecular complexity index is 226. The van der Waals surface area contributed by atoms with Crippen molar-refractivity contribution in [3.05, 3.63) is 12.7 Å². The van der Waals surface area contributed by atoms with E-state index in [-0.39, 0.29) is 18.0 Å². The van der Waals surface area contributed by atoms with Gasteiger partial charge in [-0.3, -0.25) is 9.69 Å². The summed E-state index contributed by atoms with van der Waals surface area (Å²) in [4.78, 5) is 13.9. The molecule has 0 saturated carbocycles. The van der Waals surface area contributed by atoms with E-state index in [4.69, 9.17) is 4.74 Å². The lowest BCUT2D eigenvalue weighted by molar-refractivity contribution is -0.154. The summed E-state index contributed by atoms with van der Waals surface area (Å²) in [6.45, 7) is 10.2. The minimum atomic E-state index is -0.0428. The Morgan fingerprint density at radius 2 is 2.40 bits per heavy atom. The highest BCUT2D eigenvalue weighted by Crippen LogP contribution is 2.18. The summed E-state index contributed by atoms with van der Waals surface area (Å²) in [6.07, 6.45) is 3.91. The fraction of sp³-hybridized carbons (Fsp3) is 0.750. The van der Waals surface area contributed by atoms with Gasteiger partial charge >= 0.3 is 5.97 Å². The Hall–Kier alpha value is -0.830. The molecule has 1 rings (SSSR count). The van der Waals surface area contributed by atoms with Gasteiger partial charge in [-0.15, -0.1) is 6.58 Å². The minimum absolute atomic E-state index is 0.00715. The SMILES string of the molecule is C=CCN1CCCC(C(=O)OC(C)C)C1. The molecule has 0 aromatic heterocycles. The van der Waals surface area contributed by atoms with E-state index in [2.05, 4.69) is 11.5 Å². The maximum atomic E-state index is 11.7. The fourth-order valence-electron chi connectivity index (χ4n) is 1.92. The summed E-state index contributed by atoms with van der Waals surface area (Å²) >= 11 is 0. The van der Waals surface area contributed by atoms with Crippen molar-refractivity contribution in [2.75, 3.05) is 19.6 Å². The van der Waals surface area contributed by atoms with E-state index in [0.717, 1.165) is 32.5 Å². The molecular formula is C12H21NO2. The number of esters is 1. The van der Waals surface area contributed by atoms with Crippen LogP contribution in [0.5, 0.6) is 0 Å². The largest absolute Gasteiger partial charge is 0.463 e. The molecule has 0 aromatic carbocycles. The topological polar surface area (TPSA) is 29.5 Å². The van der Waals surface area contributed by atoms with Gasteiger partial charge in [0.2, 0.25) is 0 Å². The molecule has 0 N–H and O–H groups in total. The zero-order valence-corrected chi connectivity index (χ0v) is 9.74. The molecule has 1 saturated heterocycles. The summed E-state index contributed by atoms with van der Waals surface area (Å²) in [5.41, 5.74) is 0. The molecule has 1 fully saturated rings. The van der Waals surface area contributed by atoms with Gasteiger partial charge in [-0.2, -0.15) is 0 Å². The molecule has 1 unspecified atom stereocenters. The van der Waals surface area contributed by atoms with Gasteiger partial charge in [-0.05, 0) is 33.2 Å². The monoisotopic (exact) mass is 211 g/mol. The van der Waals surface area contributed by atoms with Crippen LogP contribution in [0.15, 0.2) is 12.7 Å². The highest BCUT2D eigenvalue weighted by atomic mass is 16.5. The van der Waals surface area contributed by atoms with E-state index in [1.54, 1.807) is 0 Å². The maximum Gasteiger partial charge on any atom is 0.310 e. The third-order valence-corrected chi connectivity index (χ3v) is 2.58. The summed E-state index contributed by atoms with van der Waals surface area (Å²) < 4.78 is 5.22. The van der Waals surface area contributed by atoms with Crippen LogP contribution in [0.4, 0.5) is 0 Å². The van der Waals surface area contributed by atoms with Crippen molar-refractivity contribution in [3.8, 4) is 0 Å². The molecule has 0 amide bonds. The van der Waals surface area contributed by atoms with Gasteiger partial charge in [0.1, 0.15) is 0 Å². The number of nitrogens with zero attached hydrogens (tertiary/aromatic N) is 1. The molecule has 0 aromatic rings. The molecule has 0 aliphatic carbocycles. The Morgan fingerprint density at radius 3 is 3.00 bits per heavy atom. The van der Waals surface area contributed by atoms with Gasteiger partial charge in [-0.25, -0.2) is 0 Å². The quantitative estimate of drug-likeness (QED) is 0.525. The molecule has 1 heterocycles. The molecule has 3 nitrogen and oxygen atoms in total. The van der Waals surface area contributed by atoms with Crippen molar-refractivity contribution < 1.29 is 9.53 Å². The number of likely N-dealkylation sites (tertiary alicyclic amines) is 1. The Morgan fingerprint density at radius 1 is 1.67 bits per heavy atom. The Balaban J connectivity index is 2.41. The molecule has 86 valence electrons. The first-order valence-corrected chi connectivity index (χ1v) is 5.67. The first-order valence-electron chi connectivity index (χ1n) is 5.67. The van der Waals surface area contributed by atoms with Gasteiger partial charge < -0.3 is 4.74 Å². The second-order valence-corrected chi connectivity index (χ2v) is 4.37. The lowest BCUT2D eigenvalue weighted by Crippen LogP contribution is -2.39. The van der Waals surface area contributed by atoms with Crippen LogP contribution in [0.2, 0.25) is 0 Å². The van der Waals surface area contributed by atoms with Crippen molar-refractivity contribution >= 4 is 5.97 Å². The van der Waals surface area contributed by atoms with Gasteiger partial charge in [0.05, 0.1) is 12.0 Å². The highest BCUT2D eigenvalue weighted by Gasteiger charge is 2.26. The molecular weight excluding hydrogens is 190 g/mol. The van der Waals surface area contributed by atoms with E-state index < -0.39 is 0 Å². The van der Waals surface area contributed by atoms with Crippen molar-refractivity contribution in [2.45, 2.75) is 32.8 Å². The summed E-state index contributed by atoms with van der Waals surface area (Å²) in [5.74, 6) is 0.0138. The van der Waals surface area contributed by atoms with Gasteiger partial charge in [-0.1, -0.05) is 6.08 Å². The normalized spacial score (nSPS) is 22.7. The highest BCUT2D eigenvalue weighted by molar-refractivity contribution is 5.73. The van der Waals surface area contributed by atoms with Crippen LogP contribution in [0.25, 0.3) is 0 Å². The maximum absolute atomic E-state index is 11.7. The lowest BCUT2D eigenvalue weighted by atomic mass is 9.98. The van der Waals surface area contributed by atoms with Gasteiger partial charge in [0.25, 0.3) is 0 Å². The number of hydrogen-bond donors (Lipinski definition) is 0. The molecule has 15 heavy (non-hydrogen) atoms. The van der Waals surface area contributed by atoms with Crippen molar-refractivity contribution in [1.29, 1.82) is 0 Å². The molecule has 3 heteroatoms. The predicted octanol–water partition coefficient (Wildman–Crippen LogP) is 1.84. The number of carbonyl (C=O) groups is 1. The van der Waals surface area contributed by atoms with Crippen LogP contribution in [-0.4, -0.2) is 36.6 Å². The summed E-state index contributed by atoms with van der Waals surface area (Å²) in [6, 6.07) is 0. The summed E-state index contributed by atoms with van der Waals surface area (Å²) in [5, 5.41) is 0. The van der Waals surface area contributed by atoms with Crippen LogP contribution in [0, 0.1) is 5.92 Å². The van der Waals surface area contributed by atoms with Crippen LogP contribution >= 0.6 is 0 Å². The summed E-state index contributed by atoms with van der Waals surface area (Å²) in [7, 11) is 0. The molecule has 0 bridgehead atoms. The lowest BCUT2D eigenvalue weighted by Gasteiger charge is -2.30. The smallest absolute Gasteiger partial charge is 0.310 e. The zero-order chi connectivity index (χ0) is 11.3.